The summed E-state index contributed by atoms with van der Waals surface area (Å²) < 4.78 is 7.10. The lowest BCUT2D eigenvalue weighted by molar-refractivity contribution is -0.116. The quantitative estimate of drug-likeness (QED) is 0.454. The summed E-state index contributed by atoms with van der Waals surface area (Å²) in [6, 6.07) is 12.5. The molecule has 2 N–H and O–H groups in total. The van der Waals surface area contributed by atoms with Crippen molar-refractivity contribution in [3.8, 4) is 5.75 Å². The minimum Gasteiger partial charge on any atom is -0.494 e. The van der Waals surface area contributed by atoms with Gasteiger partial charge >= 0.3 is 0 Å². The van der Waals surface area contributed by atoms with Crippen LogP contribution in [0.15, 0.2) is 47.6 Å². The van der Waals surface area contributed by atoms with Crippen molar-refractivity contribution in [2.45, 2.75) is 25.4 Å². The Kier molecular flexibility index (Phi) is 8.13. The molecule has 0 aliphatic carbocycles. The predicted octanol–water partition coefficient (Wildman–Crippen LogP) is 4.09. The van der Waals surface area contributed by atoms with Gasteiger partial charge in [-0.05, 0) is 55.8 Å². The molecule has 2 amide bonds. The number of halogens is 1. The van der Waals surface area contributed by atoms with E-state index in [0.717, 1.165) is 11.3 Å². The first-order chi connectivity index (χ1) is 15.4. The Bertz CT molecular complexity index is 1100. The third-order valence-corrected chi connectivity index (χ3v) is 5.91. The lowest BCUT2D eigenvalue weighted by Crippen LogP contribution is -2.17. The number of carbonyl (C=O) groups is 2. The highest BCUT2D eigenvalue weighted by molar-refractivity contribution is 7.99. The SMILES string of the molecule is CCOc1ccc(NC(=O)Cc2nnc(SCC(=O)Nc3ccc(C)c(Cl)c3)n2C)cc1. The molecule has 0 fully saturated rings. The van der Waals surface area contributed by atoms with E-state index in [1.807, 2.05) is 19.9 Å². The summed E-state index contributed by atoms with van der Waals surface area (Å²) in [6.45, 7) is 4.39. The van der Waals surface area contributed by atoms with Crippen molar-refractivity contribution in [1.82, 2.24) is 14.8 Å². The van der Waals surface area contributed by atoms with Gasteiger partial charge in [0.25, 0.3) is 0 Å². The van der Waals surface area contributed by atoms with E-state index in [-0.39, 0.29) is 24.0 Å². The lowest BCUT2D eigenvalue weighted by atomic mass is 10.2. The summed E-state index contributed by atoms with van der Waals surface area (Å²) in [4.78, 5) is 24.6. The Morgan fingerprint density at radius 2 is 1.75 bits per heavy atom. The average Bonchev–Trinajstić information content (AvgIpc) is 3.10. The smallest absolute Gasteiger partial charge is 0.234 e. The van der Waals surface area contributed by atoms with E-state index in [4.69, 9.17) is 16.3 Å². The molecule has 1 aromatic heterocycles. The maximum absolute atomic E-state index is 12.4. The Balaban J connectivity index is 1.51. The van der Waals surface area contributed by atoms with Crippen LogP contribution in [0.2, 0.25) is 5.02 Å². The molecule has 3 rings (SSSR count). The van der Waals surface area contributed by atoms with Gasteiger partial charge in [0, 0.05) is 23.4 Å². The van der Waals surface area contributed by atoms with Crippen molar-refractivity contribution in [3.05, 3.63) is 58.9 Å². The molecular weight excluding hydrogens is 450 g/mol. The molecule has 168 valence electrons. The zero-order valence-corrected chi connectivity index (χ0v) is 19.6. The van der Waals surface area contributed by atoms with Crippen LogP contribution in [0.5, 0.6) is 5.75 Å². The summed E-state index contributed by atoms with van der Waals surface area (Å²) in [5.41, 5.74) is 2.25. The number of nitrogens with zero attached hydrogens (tertiary/aromatic N) is 3. The molecule has 0 unspecified atom stereocenters. The summed E-state index contributed by atoms with van der Waals surface area (Å²) >= 11 is 7.33. The third-order valence-electron chi connectivity index (χ3n) is 4.48. The highest BCUT2D eigenvalue weighted by Gasteiger charge is 2.15. The van der Waals surface area contributed by atoms with E-state index >= 15 is 0 Å². The van der Waals surface area contributed by atoms with Gasteiger partial charge in [0.05, 0.1) is 18.8 Å². The van der Waals surface area contributed by atoms with Gasteiger partial charge in [-0.15, -0.1) is 10.2 Å². The number of ether oxygens (including phenoxy) is 1. The minimum absolute atomic E-state index is 0.0608. The standard InChI is InChI=1S/C22H24ClN5O3S/c1-4-31-17-9-7-15(8-10-17)24-20(29)12-19-26-27-22(28(19)3)32-13-21(30)25-16-6-5-14(2)18(23)11-16/h5-11H,4,12-13H2,1-3H3,(H,24,29)(H,25,30). The van der Waals surface area contributed by atoms with Gasteiger partial charge in [0.2, 0.25) is 11.8 Å². The van der Waals surface area contributed by atoms with Crippen LogP contribution in [-0.2, 0) is 23.1 Å². The van der Waals surface area contributed by atoms with Crippen LogP contribution < -0.4 is 15.4 Å². The number of aryl methyl sites for hydroxylation is 1. The van der Waals surface area contributed by atoms with Crippen LogP contribution in [0.3, 0.4) is 0 Å². The fourth-order valence-electron chi connectivity index (χ4n) is 2.77. The first-order valence-electron chi connectivity index (χ1n) is 9.95. The van der Waals surface area contributed by atoms with E-state index in [1.165, 1.54) is 11.8 Å². The zero-order valence-electron chi connectivity index (χ0n) is 18.0. The van der Waals surface area contributed by atoms with Crippen LogP contribution in [0.1, 0.15) is 18.3 Å². The fourth-order valence-corrected chi connectivity index (χ4v) is 3.68. The first-order valence-corrected chi connectivity index (χ1v) is 11.3. The molecule has 0 bridgehead atoms. The van der Waals surface area contributed by atoms with E-state index < -0.39 is 0 Å². The molecule has 0 saturated heterocycles. The summed E-state index contributed by atoms with van der Waals surface area (Å²) in [5.74, 6) is 0.995. The highest BCUT2D eigenvalue weighted by atomic mass is 35.5. The highest BCUT2D eigenvalue weighted by Crippen LogP contribution is 2.21. The zero-order chi connectivity index (χ0) is 23.1. The second-order valence-electron chi connectivity index (χ2n) is 6.94. The number of anilines is 2. The third kappa shape index (κ3) is 6.48. The Morgan fingerprint density at radius 3 is 2.44 bits per heavy atom. The van der Waals surface area contributed by atoms with Gasteiger partial charge < -0.3 is 19.9 Å². The number of thioether (sulfide) groups is 1. The van der Waals surface area contributed by atoms with Crippen LogP contribution in [0, 0.1) is 6.92 Å². The van der Waals surface area contributed by atoms with Crippen LogP contribution in [-0.4, -0.2) is 38.9 Å². The number of hydrogen-bond donors (Lipinski definition) is 2. The second-order valence-corrected chi connectivity index (χ2v) is 8.29. The van der Waals surface area contributed by atoms with E-state index in [0.29, 0.717) is 34.0 Å². The maximum Gasteiger partial charge on any atom is 0.234 e. The van der Waals surface area contributed by atoms with Crippen LogP contribution in [0.25, 0.3) is 0 Å². The van der Waals surface area contributed by atoms with Gasteiger partial charge in [0.1, 0.15) is 11.6 Å². The van der Waals surface area contributed by atoms with Crippen molar-refractivity contribution in [3.63, 3.8) is 0 Å². The molecule has 0 aliphatic rings. The lowest BCUT2D eigenvalue weighted by Gasteiger charge is -2.08. The largest absolute Gasteiger partial charge is 0.494 e. The van der Waals surface area contributed by atoms with Gasteiger partial charge in [-0.2, -0.15) is 0 Å². The molecule has 0 saturated carbocycles. The molecule has 0 radical (unpaired) electrons. The van der Waals surface area contributed by atoms with Crippen molar-refractivity contribution in [2.75, 3.05) is 23.0 Å². The number of amides is 2. The van der Waals surface area contributed by atoms with Crippen molar-refractivity contribution in [2.24, 2.45) is 7.05 Å². The number of hydrogen-bond acceptors (Lipinski definition) is 6. The van der Waals surface area contributed by atoms with Gasteiger partial charge in [0.15, 0.2) is 5.16 Å². The summed E-state index contributed by atoms with van der Waals surface area (Å²) in [5, 5.41) is 14.9. The number of aromatic nitrogens is 3. The molecule has 0 atom stereocenters. The Morgan fingerprint density at radius 1 is 1.06 bits per heavy atom. The molecule has 8 nitrogen and oxygen atoms in total. The monoisotopic (exact) mass is 473 g/mol. The van der Waals surface area contributed by atoms with E-state index in [2.05, 4.69) is 20.8 Å². The molecular formula is C22H24ClN5O3S. The molecule has 32 heavy (non-hydrogen) atoms. The average molecular weight is 474 g/mol. The Labute approximate surface area is 195 Å². The van der Waals surface area contributed by atoms with Crippen molar-refractivity contribution >= 4 is 46.6 Å². The normalized spacial score (nSPS) is 10.6. The molecule has 3 aromatic rings. The Hall–Kier alpha value is -3.04. The summed E-state index contributed by atoms with van der Waals surface area (Å²) in [6.07, 6.45) is 0.0608. The number of carbonyl (C=O) groups excluding carboxylic acids is 2. The molecule has 0 aliphatic heterocycles. The first kappa shape index (κ1) is 23.6. The predicted molar refractivity (Wildman–Crippen MR) is 126 cm³/mol. The van der Waals surface area contributed by atoms with Crippen LogP contribution in [0.4, 0.5) is 11.4 Å². The van der Waals surface area contributed by atoms with Gasteiger partial charge in [-0.25, -0.2) is 0 Å². The van der Waals surface area contributed by atoms with Crippen molar-refractivity contribution in [1.29, 1.82) is 0 Å². The number of nitrogens with one attached hydrogen (secondary N) is 2. The molecule has 0 spiro atoms. The topological polar surface area (TPSA) is 98.1 Å². The van der Waals surface area contributed by atoms with Crippen molar-refractivity contribution < 1.29 is 14.3 Å². The van der Waals surface area contributed by atoms with E-state index in [1.54, 1.807) is 48.0 Å². The second kappa shape index (κ2) is 11.0. The van der Waals surface area contributed by atoms with Crippen LogP contribution >= 0.6 is 23.4 Å². The number of rotatable bonds is 9. The van der Waals surface area contributed by atoms with Gasteiger partial charge in [-0.1, -0.05) is 29.4 Å². The number of benzene rings is 2. The van der Waals surface area contributed by atoms with E-state index in [9.17, 15) is 9.59 Å². The summed E-state index contributed by atoms with van der Waals surface area (Å²) in [7, 11) is 1.76. The molecule has 10 heteroatoms. The minimum atomic E-state index is -0.213. The fraction of sp³-hybridized carbons (Fsp3) is 0.273. The molecule has 2 aromatic carbocycles. The molecule has 1 heterocycles. The van der Waals surface area contributed by atoms with Gasteiger partial charge in [-0.3, -0.25) is 9.59 Å². The maximum atomic E-state index is 12.4.